The standard InChI is InChI=1S/C12H19FN2O/c1-4-12(13,8-14)10-5-11(7-15-6-10)16-9(2)3/h5-7,9H,4,8,14H2,1-3H3. The SMILES string of the molecule is CCC(F)(CN)c1cncc(OC(C)C)c1. The third-order valence-corrected chi connectivity index (χ3v) is 2.49. The van der Waals surface area contributed by atoms with Gasteiger partial charge in [0.1, 0.15) is 11.4 Å². The molecule has 0 aliphatic heterocycles. The Kier molecular flexibility index (Phi) is 4.24. The number of hydrogen-bond acceptors (Lipinski definition) is 3. The molecular formula is C12H19FN2O. The molecule has 1 rings (SSSR count). The number of ether oxygens (including phenoxy) is 1. The quantitative estimate of drug-likeness (QED) is 0.838. The van der Waals surface area contributed by atoms with E-state index in [9.17, 15) is 4.39 Å². The molecule has 0 aromatic carbocycles. The summed E-state index contributed by atoms with van der Waals surface area (Å²) in [5.74, 6) is 0.580. The highest BCUT2D eigenvalue weighted by Crippen LogP contribution is 2.30. The zero-order valence-electron chi connectivity index (χ0n) is 10.0. The summed E-state index contributed by atoms with van der Waals surface area (Å²) in [5.41, 5.74) is 4.43. The van der Waals surface area contributed by atoms with E-state index < -0.39 is 5.67 Å². The van der Waals surface area contributed by atoms with Crippen LogP contribution in [0.5, 0.6) is 5.75 Å². The van der Waals surface area contributed by atoms with Gasteiger partial charge >= 0.3 is 0 Å². The molecule has 0 amide bonds. The van der Waals surface area contributed by atoms with E-state index in [1.165, 1.54) is 6.20 Å². The molecule has 1 atom stereocenters. The van der Waals surface area contributed by atoms with Gasteiger partial charge in [0.2, 0.25) is 0 Å². The Hall–Kier alpha value is -1.16. The summed E-state index contributed by atoms with van der Waals surface area (Å²) in [6.45, 7) is 5.55. The molecule has 0 aliphatic rings. The van der Waals surface area contributed by atoms with Gasteiger partial charge in [-0.3, -0.25) is 4.98 Å². The van der Waals surface area contributed by atoms with Gasteiger partial charge in [0.25, 0.3) is 0 Å². The first-order valence-electron chi connectivity index (χ1n) is 5.53. The first-order chi connectivity index (χ1) is 7.51. The lowest BCUT2D eigenvalue weighted by atomic mass is 9.94. The van der Waals surface area contributed by atoms with Crippen LogP contribution in [0.2, 0.25) is 0 Å². The van der Waals surface area contributed by atoms with Gasteiger partial charge in [0.05, 0.1) is 12.3 Å². The van der Waals surface area contributed by atoms with Gasteiger partial charge in [-0.1, -0.05) is 6.92 Å². The van der Waals surface area contributed by atoms with Crippen LogP contribution in [-0.2, 0) is 5.67 Å². The number of nitrogens with zero attached hydrogens (tertiary/aromatic N) is 1. The van der Waals surface area contributed by atoms with Gasteiger partial charge < -0.3 is 10.5 Å². The zero-order valence-corrected chi connectivity index (χ0v) is 10.0. The average molecular weight is 226 g/mol. The second-order valence-electron chi connectivity index (χ2n) is 4.10. The van der Waals surface area contributed by atoms with Crippen molar-refractivity contribution in [3.05, 3.63) is 24.0 Å². The summed E-state index contributed by atoms with van der Waals surface area (Å²) in [4.78, 5) is 3.98. The molecular weight excluding hydrogens is 207 g/mol. The number of pyridine rings is 1. The number of halogens is 1. The molecule has 4 heteroatoms. The smallest absolute Gasteiger partial charge is 0.149 e. The summed E-state index contributed by atoms with van der Waals surface area (Å²) in [7, 11) is 0. The highest BCUT2D eigenvalue weighted by Gasteiger charge is 2.28. The van der Waals surface area contributed by atoms with Crippen LogP contribution < -0.4 is 10.5 Å². The fourth-order valence-corrected chi connectivity index (χ4v) is 1.47. The van der Waals surface area contributed by atoms with Crippen LogP contribution in [0.15, 0.2) is 18.5 Å². The van der Waals surface area contributed by atoms with Crippen LogP contribution in [0.25, 0.3) is 0 Å². The monoisotopic (exact) mass is 226 g/mol. The van der Waals surface area contributed by atoms with Crippen molar-refractivity contribution in [2.24, 2.45) is 5.73 Å². The maximum Gasteiger partial charge on any atom is 0.149 e. The lowest BCUT2D eigenvalue weighted by molar-refractivity contribution is 0.166. The lowest BCUT2D eigenvalue weighted by Crippen LogP contribution is -2.29. The van der Waals surface area contributed by atoms with Crippen LogP contribution in [0.3, 0.4) is 0 Å². The molecule has 1 unspecified atom stereocenters. The molecule has 0 spiro atoms. The molecule has 0 saturated carbocycles. The first-order valence-corrected chi connectivity index (χ1v) is 5.53. The van der Waals surface area contributed by atoms with Crippen molar-refractivity contribution in [3.8, 4) is 5.75 Å². The van der Waals surface area contributed by atoms with Crippen LogP contribution in [0.4, 0.5) is 4.39 Å². The van der Waals surface area contributed by atoms with Crippen LogP contribution in [0, 0.1) is 0 Å². The van der Waals surface area contributed by atoms with Crippen LogP contribution in [-0.4, -0.2) is 17.6 Å². The maximum absolute atomic E-state index is 14.3. The second-order valence-corrected chi connectivity index (χ2v) is 4.10. The molecule has 0 aliphatic carbocycles. The highest BCUT2D eigenvalue weighted by molar-refractivity contribution is 5.28. The third-order valence-electron chi connectivity index (χ3n) is 2.49. The first kappa shape index (κ1) is 12.9. The average Bonchev–Trinajstić information content (AvgIpc) is 2.27. The molecule has 1 aromatic heterocycles. The molecule has 2 N–H and O–H groups in total. The summed E-state index contributed by atoms with van der Waals surface area (Å²) in [6.07, 6.45) is 3.46. The van der Waals surface area contributed by atoms with Crippen molar-refractivity contribution in [2.45, 2.75) is 39.0 Å². The van der Waals surface area contributed by atoms with Crippen molar-refractivity contribution < 1.29 is 9.13 Å². The predicted molar refractivity (Wildman–Crippen MR) is 62.1 cm³/mol. The summed E-state index contributed by atoms with van der Waals surface area (Å²) >= 11 is 0. The van der Waals surface area contributed by atoms with Crippen molar-refractivity contribution >= 4 is 0 Å². The van der Waals surface area contributed by atoms with Crippen molar-refractivity contribution in [2.75, 3.05) is 6.54 Å². The Bertz CT molecular complexity index is 338. The van der Waals surface area contributed by atoms with E-state index in [0.717, 1.165) is 0 Å². The van der Waals surface area contributed by atoms with E-state index in [-0.39, 0.29) is 12.6 Å². The maximum atomic E-state index is 14.3. The van der Waals surface area contributed by atoms with E-state index in [2.05, 4.69) is 4.98 Å². The molecule has 0 bridgehead atoms. The van der Waals surface area contributed by atoms with E-state index in [1.54, 1.807) is 19.2 Å². The molecule has 1 aromatic rings. The normalized spacial score (nSPS) is 14.9. The molecule has 90 valence electrons. The summed E-state index contributed by atoms with van der Waals surface area (Å²) in [5, 5.41) is 0. The lowest BCUT2D eigenvalue weighted by Gasteiger charge is -2.22. The topological polar surface area (TPSA) is 48.1 Å². The van der Waals surface area contributed by atoms with Gasteiger partial charge in [-0.15, -0.1) is 0 Å². The fourth-order valence-electron chi connectivity index (χ4n) is 1.47. The largest absolute Gasteiger partial charge is 0.489 e. The van der Waals surface area contributed by atoms with Crippen LogP contribution >= 0.6 is 0 Å². The Labute approximate surface area is 95.8 Å². The van der Waals surface area contributed by atoms with Gasteiger partial charge in [-0.25, -0.2) is 4.39 Å². The van der Waals surface area contributed by atoms with Gasteiger partial charge in [-0.05, 0) is 26.3 Å². The van der Waals surface area contributed by atoms with Crippen molar-refractivity contribution in [1.29, 1.82) is 0 Å². The van der Waals surface area contributed by atoms with E-state index in [1.807, 2.05) is 13.8 Å². The fraction of sp³-hybridized carbons (Fsp3) is 0.583. The number of hydrogen-bond donors (Lipinski definition) is 1. The van der Waals surface area contributed by atoms with Crippen molar-refractivity contribution in [3.63, 3.8) is 0 Å². The minimum atomic E-state index is -1.51. The molecule has 0 saturated heterocycles. The van der Waals surface area contributed by atoms with Crippen LogP contribution in [0.1, 0.15) is 32.8 Å². The Balaban J connectivity index is 2.97. The predicted octanol–water partition coefficient (Wildman–Crippen LogP) is 2.40. The molecule has 1 heterocycles. The molecule has 3 nitrogen and oxygen atoms in total. The van der Waals surface area contributed by atoms with Gasteiger partial charge in [0.15, 0.2) is 0 Å². The van der Waals surface area contributed by atoms with E-state index in [4.69, 9.17) is 10.5 Å². The Morgan fingerprint density at radius 1 is 1.50 bits per heavy atom. The minimum absolute atomic E-state index is 0.0453. The minimum Gasteiger partial charge on any atom is -0.489 e. The molecule has 0 radical (unpaired) electrons. The number of rotatable bonds is 5. The number of aromatic nitrogens is 1. The zero-order chi connectivity index (χ0) is 12.2. The molecule has 16 heavy (non-hydrogen) atoms. The Morgan fingerprint density at radius 3 is 2.69 bits per heavy atom. The molecule has 0 fully saturated rings. The summed E-state index contributed by atoms with van der Waals surface area (Å²) in [6, 6.07) is 1.67. The van der Waals surface area contributed by atoms with Gasteiger partial charge in [0, 0.05) is 18.3 Å². The van der Waals surface area contributed by atoms with Gasteiger partial charge in [-0.2, -0.15) is 0 Å². The van der Waals surface area contributed by atoms with Crippen molar-refractivity contribution in [1.82, 2.24) is 4.98 Å². The number of alkyl halides is 1. The van der Waals surface area contributed by atoms with E-state index in [0.29, 0.717) is 17.7 Å². The second kappa shape index (κ2) is 5.25. The number of nitrogens with two attached hydrogens (primary N) is 1. The third kappa shape index (κ3) is 2.92. The highest BCUT2D eigenvalue weighted by atomic mass is 19.1. The summed E-state index contributed by atoms with van der Waals surface area (Å²) < 4.78 is 19.7. The Morgan fingerprint density at radius 2 is 2.19 bits per heavy atom. The van der Waals surface area contributed by atoms with E-state index >= 15 is 0 Å².